The summed E-state index contributed by atoms with van der Waals surface area (Å²) in [6.07, 6.45) is 2.36. The highest BCUT2D eigenvalue weighted by Gasteiger charge is 2.18. The largest absolute Gasteiger partial charge is 0.355 e. The lowest BCUT2D eigenvalue weighted by Crippen LogP contribution is -1.96. The minimum Gasteiger partial charge on any atom is -0.355 e. The van der Waals surface area contributed by atoms with Crippen LogP contribution in [0.3, 0.4) is 0 Å². The van der Waals surface area contributed by atoms with Crippen LogP contribution in [0.25, 0.3) is 110 Å². The first-order chi connectivity index (χ1) is 27.7. The maximum absolute atomic E-state index is 3.56. The van der Waals surface area contributed by atoms with E-state index in [0.717, 1.165) is 6.54 Å². The van der Waals surface area contributed by atoms with E-state index in [-0.39, 0.29) is 0 Å². The van der Waals surface area contributed by atoms with Gasteiger partial charge < -0.3 is 9.55 Å². The highest BCUT2D eigenvalue weighted by molar-refractivity contribution is 6.21. The molecular weight excluding hydrogens is 677 g/mol. The Labute approximate surface area is 326 Å². The normalized spacial score (nSPS) is 11.9. The molecule has 0 unspecified atom stereocenters. The third-order valence-corrected chi connectivity index (χ3v) is 12.0. The maximum atomic E-state index is 3.56. The van der Waals surface area contributed by atoms with Crippen LogP contribution in [-0.2, 0) is 6.54 Å². The van der Waals surface area contributed by atoms with Gasteiger partial charge in [-0.3, -0.25) is 0 Å². The van der Waals surface area contributed by atoms with Gasteiger partial charge in [-0.05, 0) is 109 Å². The zero-order valence-electron chi connectivity index (χ0n) is 31.4. The van der Waals surface area contributed by atoms with E-state index in [9.17, 15) is 0 Å². The van der Waals surface area contributed by atoms with Crippen molar-refractivity contribution in [2.75, 3.05) is 0 Å². The van der Waals surface area contributed by atoms with Crippen molar-refractivity contribution in [3.63, 3.8) is 0 Å². The molecule has 11 aromatic rings. The number of H-pyrrole nitrogens is 1. The second-order valence-corrected chi connectivity index (χ2v) is 15.2. The van der Waals surface area contributed by atoms with Crippen LogP contribution in [0.15, 0.2) is 182 Å². The van der Waals surface area contributed by atoms with Crippen molar-refractivity contribution >= 4 is 65.2 Å². The average Bonchev–Trinajstić information content (AvgIpc) is 3.79. The van der Waals surface area contributed by atoms with Crippen LogP contribution in [0.5, 0.6) is 0 Å². The van der Waals surface area contributed by atoms with Crippen LogP contribution in [0.1, 0.15) is 19.8 Å². The van der Waals surface area contributed by atoms with E-state index in [1.54, 1.807) is 0 Å². The zero-order chi connectivity index (χ0) is 37.2. The number of hydrogen-bond donors (Lipinski definition) is 1. The molecule has 0 fully saturated rings. The Balaban J connectivity index is 0.991. The summed E-state index contributed by atoms with van der Waals surface area (Å²) in [6.45, 7) is 3.31. The van der Waals surface area contributed by atoms with Crippen LogP contribution in [0.4, 0.5) is 0 Å². The van der Waals surface area contributed by atoms with Crippen LogP contribution in [0.2, 0.25) is 0 Å². The molecule has 0 aliphatic heterocycles. The van der Waals surface area contributed by atoms with E-state index in [1.165, 1.54) is 123 Å². The van der Waals surface area contributed by atoms with Crippen LogP contribution in [0, 0.1) is 0 Å². The van der Waals surface area contributed by atoms with Crippen molar-refractivity contribution in [3.8, 4) is 44.5 Å². The number of fused-ring (bicyclic) bond motifs is 8. The quantitative estimate of drug-likeness (QED) is 0.159. The second-order valence-electron chi connectivity index (χ2n) is 15.2. The number of para-hydroxylation sites is 2. The van der Waals surface area contributed by atoms with E-state index in [1.807, 2.05) is 0 Å². The van der Waals surface area contributed by atoms with Crippen LogP contribution >= 0.6 is 0 Å². The van der Waals surface area contributed by atoms with Gasteiger partial charge in [0.2, 0.25) is 0 Å². The Morgan fingerprint density at radius 1 is 0.357 bits per heavy atom. The van der Waals surface area contributed by atoms with Gasteiger partial charge in [-0.25, -0.2) is 0 Å². The number of nitrogens with zero attached hydrogens (tertiary/aromatic N) is 1. The fourth-order valence-corrected chi connectivity index (χ4v) is 9.23. The van der Waals surface area contributed by atoms with Gasteiger partial charge in [0.1, 0.15) is 0 Å². The van der Waals surface area contributed by atoms with Crippen molar-refractivity contribution in [2.45, 2.75) is 26.3 Å². The Kier molecular flexibility index (Phi) is 7.63. The monoisotopic (exact) mass is 716 g/mol. The van der Waals surface area contributed by atoms with Crippen LogP contribution < -0.4 is 0 Å². The molecule has 2 heteroatoms. The van der Waals surface area contributed by atoms with Crippen molar-refractivity contribution in [2.24, 2.45) is 0 Å². The number of nitrogens with one attached hydrogen (secondary N) is 1. The third-order valence-electron chi connectivity index (χ3n) is 12.0. The van der Waals surface area contributed by atoms with Crippen molar-refractivity contribution in [1.82, 2.24) is 9.55 Å². The predicted octanol–water partition coefficient (Wildman–Crippen LogP) is 15.2. The molecule has 2 heterocycles. The number of aromatic nitrogens is 2. The van der Waals surface area contributed by atoms with E-state index < -0.39 is 0 Å². The fraction of sp³-hybridized carbons (Fsp3) is 0.0741. The van der Waals surface area contributed by atoms with Gasteiger partial charge in [-0.2, -0.15) is 0 Å². The summed E-state index contributed by atoms with van der Waals surface area (Å²) in [4.78, 5) is 3.56. The van der Waals surface area contributed by atoms with Crippen molar-refractivity contribution in [1.29, 1.82) is 0 Å². The Bertz CT molecular complexity index is 3210. The van der Waals surface area contributed by atoms with Gasteiger partial charge in [-0.1, -0.05) is 159 Å². The van der Waals surface area contributed by atoms with Crippen molar-refractivity contribution < 1.29 is 0 Å². The average molecular weight is 717 g/mol. The molecule has 0 aliphatic carbocycles. The number of unbranched alkanes of at least 4 members (excludes halogenated alkanes) is 1. The van der Waals surface area contributed by atoms with Crippen molar-refractivity contribution in [3.05, 3.63) is 182 Å². The third kappa shape index (κ3) is 5.17. The number of rotatable bonds is 7. The summed E-state index contributed by atoms with van der Waals surface area (Å²) < 4.78 is 2.50. The molecule has 0 saturated heterocycles. The van der Waals surface area contributed by atoms with E-state index >= 15 is 0 Å². The molecule has 0 bridgehead atoms. The molecular formula is C54H40N2. The summed E-state index contributed by atoms with van der Waals surface area (Å²) in [7, 11) is 0. The SMILES string of the molecule is CCCCn1c2ccccc2c2cc(-c3ccc(-c4c5ccccc5c(-c5ccc(-c6ccc7[nH]c8ccccc8c7c6)cc5)c5ccccc45)cc3)ccc21. The van der Waals surface area contributed by atoms with Crippen LogP contribution in [-0.4, -0.2) is 9.55 Å². The number of benzene rings is 9. The topological polar surface area (TPSA) is 20.7 Å². The molecule has 0 amide bonds. The highest BCUT2D eigenvalue weighted by atomic mass is 15.0. The molecule has 0 saturated carbocycles. The zero-order valence-corrected chi connectivity index (χ0v) is 31.4. The van der Waals surface area contributed by atoms with Gasteiger partial charge in [0.15, 0.2) is 0 Å². The molecule has 0 atom stereocenters. The molecule has 2 aromatic heterocycles. The van der Waals surface area contributed by atoms with Gasteiger partial charge in [0.05, 0.1) is 0 Å². The lowest BCUT2D eigenvalue weighted by molar-refractivity contribution is 0.665. The smallest absolute Gasteiger partial charge is 0.0491 e. The lowest BCUT2D eigenvalue weighted by Gasteiger charge is -2.18. The van der Waals surface area contributed by atoms with Gasteiger partial charge in [-0.15, -0.1) is 0 Å². The minimum atomic E-state index is 1.05. The molecule has 266 valence electrons. The number of aryl methyl sites for hydroxylation is 1. The lowest BCUT2D eigenvalue weighted by atomic mass is 9.85. The summed E-state index contributed by atoms with van der Waals surface area (Å²) in [5.41, 5.74) is 14.9. The molecule has 1 N–H and O–H groups in total. The summed E-state index contributed by atoms with van der Waals surface area (Å²) >= 11 is 0. The molecule has 0 aliphatic rings. The van der Waals surface area contributed by atoms with Gasteiger partial charge in [0.25, 0.3) is 0 Å². The maximum Gasteiger partial charge on any atom is 0.0491 e. The molecule has 56 heavy (non-hydrogen) atoms. The first kappa shape index (κ1) is 32.5. The summed E-state index contributed by atoms with van der Waals surface area (Å²) in [5.74, 6) is 0. The van der Waals surface area contributed by atoms with Gasteiger partial charge in [0, 0.05) is 50.2 Å². The highest BCUT2D eigenvalue weighted by Crippen LogP contribution is 2.44. The van der Waals surface area contributed by atoms with E-state index in [0.29, 0.717) is 0 Å². The molecule has 2 nitrogen and oxygen atoms in total. The molecule has 9 aromatic carbocycles. The van der Waals surface area contributed by atoms with E-state index in [2.05, 4.69) is 198 Å². The fourth-order valence-electron chi connectivity index (χ4n) is 9.23. The predicted molar refractivity (Wildman–Crippen MR) is 240 cm³/mol. The number of hydrogen-bond acceptors (Lipinski definition) is 0. The summed E-state index contributed by atoms with van der Waals surface area (Å²) in [5, 5.41) is 10.2. The first-order valence-electron chi connectivity index (χ1n) is 19.9. The second kappa shape index (κ2) is 13.1. The minimum absolute atomic E-state index is 1.05. The molecule has 0 radical (unpaired) electrons. The standard InChI is InChI=1S/C54H40N2/c1-2-3-32-56-51-19-11-9-13-42(51)48-34-40(29-31-52(48)56)36-22-26-38(27-23-36)54-45-16-6-4-14-43(45)53(44-15-5-7-17-46(44)54)37-24-20-35(21-25-37)39-28-30-50-47(33-39)41-12-8-10-18-49(41)55-50/h4-31,33-34,55H,2-3,32H2,1H3. The summed E-state index contributed by atoms with van der Waals surface area (Å²) in [6, 6.07) is 67.4. The van der Waals surface area contributed by atoms with E-state index in [4.69, 9.17) is 0 Å². The number of aromatic amines is 1. The molecule has 11 rings (SSSR count). The first-order valence-corrected chi connectivity index (χ1v) is 19.9. The Morgan fingerprint density at radius 3 is 1.38 bits per heavy atom. The van der Waals surface area contributed by atoms with Gasteiger partial charge >= 0.3 is 0 Å². The molecule has 0 spiro atoms. The Morgan fingerprint density at radius 2 is 0.786 bits per heavy atom. The Hall–Kier alpha value is -6.90.